The van der Waals surface area contributed by atoms with E-state index < -0.39 is 4.92 Å². The van der Waals surface area contributed by atoms with E-state index in [4.69, 9.17) is 10.00 Å². The Bertz CT molecular complexity index is 695. The molecule has 0 spiro atoms. The first-order chi connectivity index (χ1) is 9.61. The summed E-state index contributed by atoms with van der Waals surface area (Å²) in [6.45, 7) is 0.152. The number of hydrogen-bond acceptors (Lipinski definition) is 4. The Hall–Kier alpha value is -2.39. The van der Waals surface area contributed by atoms with Gasteiger partial charge >= 0.3 is 5.69 Å². The van der Waals surface area contributed by atoms with E-state index in [-0.39, 0.29) is 18.0 Å². The molecule has 2 rings (SSSR count). The first-order valence-corrected chi connectivity index (χ1v) is 6.46. The molecule has 2 aromatic rings. The fourth-order valence-electron chi connectivity index (χ4n) is 1.67. The molecule has 0 saturated carbocycles. The Morgan fingerprint density at radius 1 is 1.30 bits per heavy atom. The van der Waals surface area contributed by atoms with Crippen LogP contribution in [0, 0.1) is 21.4 Å². The predicted molar refractivity (Wildman–Crippen MR) is 76.3 cm³/mol. The molecular weight excluding hydrogens is 324 g/mol. The minimum absolute atomic E-state index is 0.101. The molecule has 0 fully saturated rings. The maximum Gasteiger partial charge on any atom is 0.312 e. The molecule has 100 valence electrons. The van der Waals surface area contributed by atoms with Crippen molar-refractivity contribution in [2.24, 2.45) is 0 Å². The molecule has 0 N–H and O–H groups in total. The molecule has 0 amide bonds. The minimum atomic E-state index is -0.494. The third-order valence-corrected chi connectivity index (χ3v) is 3.21. The van der Waals surface area contributed by atoms with Crippen molar-refractivity contribution in [1.29, 1.82) is 5.26 Å². The zero-order chi connectivity index (χ0) is 14.5. The van der Waals surface area contributed by atoms with E-state index in [0.29, 0.717) is 10.0 Å². The minimum Gasteiger partial charge on any atom is -0.481 e. The van der Waals surface area contributed by atoms with E-state index in [1.54, 1.807) is 36.4 Å². The molecule has 6 heteroatoms. The Morgan fingerprint density at radius 3 is 2.75 bits per heavy atom. The first kappa shape index (κ1) is 14.0. The fourth-order valence-corrected chi connectivity index (χ4v) is 2.14. The molecule has 0 unspecified atom stereocenters. The van der Waals surface area contributed by atoms with Gasteiger partial charge in [0.2, 0.25) is 5.75 Å². The molecule has 20 heavy (non-hydrogen) atoms. The Kier molecular flexibility index (Phi) is 4.33. The molecule has 0 atom stereocenters. The van der Waals surface area contributed by atoms with Crippen molar-refractivity contribution in [1.82, 2.24) is 0 Å². The van der Waals surface area contributed by atoms with Crippen LogP contribution in [0.2, 0.25) is 0 Å². The van der Waals surface area contributed by atoms with Gasteiger partial charge in [0.05, 0.1) is 21.0 Å². The van der Waals surface area contributed by atoms with Crippen LogP contribution in [-0.4, -0.2) is 4.92 Å². The number of nitriles is 1. The number of nitro benzene ring substituents is 1. The highest BCUT2D eigenvalue weighted by Crippen LogP contribution is 2.35. The molecule has 2 aromatic carbocycles. The number of hydrogen-bond donors (Lipinski definition) is 0. The van der Waals surface area contributed by atoms with E-state index in [1.165, 1.54) is 6.07 Å². The van der Waals surface area contributed by atoms with Crippen molar-refractivity contribution in [2.75, 3.05) is 0 Å². The normalized spacial score (nSPS) is 9.80. The molecular formula is C14H9BrN2O3. The predicted octanol–water partition coefficient (Wildman–Crippen LogP) is 3.81. The lowest BCUT2D eigenvalue weighted by molar-refractivity contribution is -0.386. The standard InChI is InChI=1S/C14H9BrN2O3/c15-12-5-2-6-13(17(18)19)14(12)20-9-11-4-1-3-10(7-11)8-16/h1-7H,9H2. The molecule has 5 nitrogen and oxygen atoms in total. The SMILES string of the molecule is N#Cc1cccc(COc2c(Br)cccc2[N+](=O)[O-])c1. The van der Waals surface area contributed by atoms with Crippen LogP contribution in [0.5, 0.6) is 5.75 Å². The molecule has 0 heterocycles. The second-order valence-corrected chi connectivity index (χ2v) is 4.80. The average molecular weight is 333 g/mol. The lowest BCUT2D eigenvalue weighted by Crippen LogP contribution is -2.00. The third kappa shape index (κ3) is 3.13. The van der Waals surface area contributed by atoms with E-state index in [2.05, 4.69) is 15.9 Å². The maximum atomic E-state index is 10.9. The molecule has 0 aromatic heterocycles. The van der Waals surface area contributed by atoms with Gasteiger partial charge in [-0.2, -0.15) is 5.26 Å². The van der Waals surface area contributed by atoms with Crippen molar-refractivity contribution in [2.45, 2.75) is 6.61 Å². The molecule has 0 saturated heterocycles. The summed E-state index contributed by atoms with van der Waals surface area (Å²) < 4.78 is 6.03. The van der Waals surface area contributed by atoms with Crippen LogP contribution in [0.3, 0.4) is 0 Å². The third-order valence-electron chi connectivity index (χ3n) is 2.58. The van der Waals surface area contributed by atoms with Gasteiger partial charge < -0.3 is 4.74 Å². The number of halogens is 1. The van der Waals surface area contributed by atoms with Crippen LogP contribution in [0.15, 0.2) is 46.9 Å². The number of para-hydroxylation sites is 1. The largest absolute Gasteiger partial charge is 0.481 e. The summed E-state index contributed by atoms with van der Waals surface area (Å²) in [4.78, 5) is 10.5. The lowest BCUT2D eigenvalue weighted by Gasteiger charge is -2.08. The number of benzene rings is 2. The van der Waals surface area contributed by atoms with E-state index >= 15 is 0 Å². The Balaban J connectivity index is 2.23. The van der Waals surface area contributed by atoms with E-state index in [9.17, 15) is 10.1 Å². The quantitative estimate of drug-likeness (QED) is 0.630. The Labute approximate surface area is 123 Å². The van der Waals surface area contributed by atoms with Crippen LogP contribution in [0.1, 0.15) is 11.1 Å². The van der Waals surface area contributed by atoms with Crippen molar-refractivity contribution in [3.05, 3.63) is 68.2 Å². The van der Waals surface area contributed by atoms with E-state index in [1.807, 2.05) is 6.07 Å². The summed E-state index contributed by atoms with van der Waals surface area (Å²) in [6, 6.07) is 13.6. The van der Waals surface area contributed by atoms with Gasteiger partial charge in [0.25, 0.3) is 0 Å². The zero-order valence-electron chi connectivity index (χ0n) is 10.2. The maximum absolute atomic E-state index is 10.9. The van der Waals surface area contributed by atoms with Gasteiger partial charge in [-0.25, -0.2) is 0 Å². The highest BCUT2D eigenvalue weighted by molar-refractivity contribution is 9.10. The number of nitro groups is 1. The fraction of sp³-hybridized carbons (Fsp3) is 0.0714. The highest BCUT2D eigenvalue weighted by atomic mass is 79.9. The van der Waals surface area contributed by atoms with Gasteiger partial charge in [-0.3, -0.25) is 10.1 Å². The van der Waals surface area contributed by atoms with Gasteiger partial charge in [-0.05, 0) is 39.7 Å². The second-order valence-electron chi connectivity index (χ2n) is 3.95. The highest BCUT2D eigenvalue weighted by Gasteiger charge is 2.17. The van der Waals surface area contributed by atoms with Gasteiger partial charge in [-0.1, -0.05) is 18.2 Å². The van der Waals surface area contributed by atoms with Crippen LogP contribution < -0.4 is 4.74 Å². The van der Waals surface area contributed by atoms with Crippen LogP contribution in [-0.2, 0) is 6.61 Å². The van der Waals surface area contributed by atoms with Crippen LogP contribution >= 0.6 is 15.9 Å². The van der Waals surface area contributed by atoms with Gasteiger partial charge in [0, 0.05) is 6.07 Å². The van der Waals surface area contributed by atoms with Crippen molar-refractivity contribution in [3.63, 3.8) is 0 Å². The summed E-state index contributed by atoms with van der Waals surface area (Å²) in [5, 5.41) is 19.8. The summed E-state index contributed by atoms with van der Waals surface area (Å²) in [6.07, 6.45) is 0. The number of ether oxygens (including phenoxy) is 1. The topological polar surface area (TPSA) is 76.2 Å². The van der Waals surface area contributed by atoms with E-state index in [0.717, 1.165) is 5.56 Å². The zero-order valence-corrected chi connectivity index (χ0v) is 11.8. The van der Waals surface area contributed by atoms with Crippen LogP contribution in [0.25, 0.3) is 0 Å². The summed E-state index contributed by atoms with van der Waals surface area (Å²) in [5.74, 6) is 0.180. The van der Waals surface area contributed by atoms with Gasteiger partial charge in [0.1, 0.15) is 6.61 Å². The Morgan fingerprint density at radius 2 is 2.05 bits per heavy atom. The summed E-state index contributed by atoms with van der Waals surface area (Å²) in [5.41, 5.74) is 1.19. The van der Waals surface area contributed by atoms with Gasteiger partial charge in [0.15, 0.2) is 0 Å². The summed E-state index contributed by atoms with van der Waals surface area (Å²) in [7, 11) is 0. The summed E-state index contributed by atoms with van der Waals surface area (Å²) >= 11 is 3.24. The monoisotopic (exact) mass is 332 g/mol. The van der Waals surface area contributed by atoms with Crippen LogP contribution in [0.4, 0.5) is 5.69 Å². The molecule has 0 aliphatic heterocycles. The number of rotatable bonds is 4. The average Bonchev–Trinajstić information content (AvgIpc) is 2.45. The van der Waals surface area contributed by atoms with Crippen molar-refractivity contribution >= 4 is 21.6 Å². The first-order valence-electron chi connectivity index (χ1n) is 5.66. The molecule has 0 aliphatic carbocycles. The van der Waals surface area contributed by atoms with Gasteiger partial charge in [-0.15, -0.1) is 0 Å². The number of nitrogens with zero attached hydrogens (tertiary/aromatic N) is 2. The van der Waals surface area contributed by atoms with Crippen molar-refractivity contribution < 1.29 is 9.66 Å². The molecule has 0 bridgehead atoms. The second kappa shape index (κ2) is 6.17. The molecule has 0 radical (unpaired) electrons. The molecule has 0 aliphatic rings. The smallest absolute Gasteiger partial charge is 0.312 e. The van der Waals surface area contributed by atoms with Crippen molar-refractivity contribution in [3.8, 4) is 11.8 Å². The lowest BCUT2D eigenvalue weighted by atomic mass is 10.1.